The minimum atomic E-state index is -2.94. The Morgan fingerprint density at radius 1 is 1.33 bits per heavy atom. The molecule has 2 aromatic rings. The number of hydrogen-bond donors (Lipinski definition) is 2. The standard InChI is InChI=1S/C26H28ClF3N4O4S/c1-2-38-25(37)21-19(13-34-14-26(29,30)12-16(34)5-3-4-6-20(35)36)32-23(24-31-9-10-39-24)33-22(21)17-8-7-15(28)11-18(17)27/h7-11,16,22H,2-6,12-14H2,1H3,(H,32,33)(H,35,36)/t16-,22+/m1/s1. The Labute approximate surface area is 232 Å². The third-order valence-corrected chi connectivity index (χ3v) is 7.64. The van der Waals surface area contributed by atoms with Crippen molar-refractivity contribution in [1.82, 2.24) is 15.2 Å². The Balaban J connectivity index is 1.73. The molecule has 0 aliphatic carbocycles. The summed E-state index contributed by atoms with van der Waals surface area (Å²) >= 11 is 7.68. The number of ether oxygens (including phenoxy) is 1. The smallest absolute Gasteiger partial charge is 0.338 e. The minimum Gasteiger partial charge on any atom is -0.481 e. The van der Waals surface area contributed by atoms with Gasteiger partial charge in [-0.15, -0.1) is 11.3 Å². The van der Waals surface area contributed by atoms with E-state index in [2.05, 4.69) is 15.3 Å². The van der Waals surface area contributed by atoms with Crippen LogP contribution in [-0.2, 0) is 14.3 Å². The van der Waals surface area contributed by atoms with Crippen molar-refractivity contribution in [3.63, 3.8) is 0 Å². The number of halogens is 4. The van der Waals surface area contributed by atoms with Gasteiger partial charge in [-0.1, -0.05) is 24.1 Å². The maximum Gasteiger partial charge on any atom is 0.338 e. The number of hydrogen-bond acceptors (Lipinski definition) is 8. The SMILES string of the molecule is CCOC(=O)C1=C(CN2CC(F)(F)C[C@H]2CCCCC(=O)O)NC(c2nccs2)=N[C@H]1c1ccc(F)cc1Cl. The van der Waals surface area contributed by atoms with Crippen molar-refractivity contribution in [1.29, 1.82) is 0 Å². The molecule has 3 heterocycles. The number of rotatable bonds is 11. The number of aromatic nitrogens is 1. The molecule has 2 atom stereocenters. The molecule has 39 heavy (non-hydrogen) atoms. The number of alkyl halides is 2. The summed E-state index contributed by atoms with van der Waals surface area (Å²) in [5.74, 6) is -4.81. The molecule has 2 aliphatic rings. The van der Waals surface area contributed by atoms with Gasteiger partial charge in [-0.2, -0.15) is 0 Å². The number of benzene rings is 1. The summed E-state index contributed by atoms with van der Waals surface area (Å²) < 4.78 is 48.4. The van der Waals surface area contributed by atoms with Crippen molar-refractivity contribution in [3.05, 3.63) is 62.5 Å². The summed E-state index contributed by atoms with van der Waals surface area (Å²) in [6.45, 7) is 1.14. The molecule has 0 spiro atoms. The van der Waals surface area contributed by atoms with E-state index in [0.29, 0.717) is 41.4 Å². The zero-order valence-corrected chi connectivity index (χ0v) is 22.7. The Morgan fingerprint density at radius 3 is 2.79 bits per heavy atom. The predicted molar refractivity (Wildman–Crippen MR) is 141 cm³/mol. The highest BCUT2D eigenvalue weighted by Crippen LogP contribution is 2.39. The Kier molecular flexibility index (Phi) is 9.29. The van der Waals surface area contributed by atoms with Crippen LogP contribution < -0.4 is 5.32 Å². The topological polar surface area (TPSA) is 104 Å². The lowest BCUT2D eigenvalue weighted by molar-refractivity contribution is -0.139. The maximum absolute atomic E-state index is 14.6. The van der Waals surface area contributed by atoms with E-state index in [4.69, 9.17) is 21.4 Å². The molecule has 0 unspecified atom stereocenters. The van der Waals surface area contributed by atoms with Crippen LogP contribution >= 0.6 is 22.9 Å². The van der Waals surface area contributed by atoms with E-state index in [1.54, 1.807) is 23.4 Å². The van der Waals surface area contributed by atoms with Gasteiger partial charge in [-0.3, -0.25) is 14.7 Å². The van der Waals surface area contributed by atoms with Crippen molar-refractivity contribution in [2.45, 2.75) is 57.0 Å². The van der Waals surface area contributed by atoms with Crippen LogP contribution in [0.5, 0.6) is 0 Å². The Bertz CT molecular complexity index is 1270. The molecule has 8 nitrogen and oxygen atoms in total. The van der Waals surface area contributed by atoms with Crippen LogP contribution in [-0.4, -0.2) is 64.4 Å². The summed E-state index contributed by atoms with van der Waals surface area (Å²) in [6, 6.07) is 2.24. The van der Waals surface area contributed by atoms with Gasteiger partial charge in [0, 0.05) is 53.3 Å². The van der Waals surface area contributed by atoms with Gasteiger partial charge < -0.3 is 15.2 Å². The normalized spacial score (nSPS) is 21.0. The van der Waals surface area contributed by atoms with Gasteiger partial charge in [0.05, 0.1) is 18.7 Å². The number of carbonyl (C=O) groups is 2. The van der Waals surface area contributed by atoms with Crippen LogP contribution in [0, 0.1) is 5.82 Å². The maximum atomic E-state index is 14.6. The second kappa shape index (κ2) is 12.5. The highest BCUT2D eigenvalue weighted by Gasteiger charge is 2.45. The fourth-order valence-electron chi connectivity index (χ4n) is 4.86. The molecule has 2 aliphatic heterocycles. The molecule has 0 radical (unpaired) electrons. The number of nitrogens with one attached hydrogen (secondary N) is 1. The summed E-state index contributed by atoms with van der Waals surface area (Å²) in [6.07, 6.45) is 2.42. The van der Waals surface area contributed by atoms with Crippen LogP contribution in [0.15, 0.2) is 46.0 Å². The van der Waals surface area contributed by atoms with Crippen LogP contribution in [0.4, 0.5) is 13.2 Å². The fraction of sp³-hybridized carbons (Fsp3) is 0.462. The second-order valence-electron chi connectivity index (χ2n) is 9.38. The molecule has 1 aromatic carbocycles. The highest BCUT2D eigenvalue weighted by atomic mass is 35.5. The summed E-state index contributed by atoms with van der Waals surface area (Å²) in [4.78, 5) is 34.7. The zero-order valence-electron chi connectivity index (χ0n) is 21.1. The number of carboxylic acid groups (broad SMARTS) is 1. The van der Waals surface area contributed by atoms with Crippen LogP contribution in [0.25, 0.3) is 0 Å². The largest absolute Gasteiger partial charge is 0.481 e. The van der Waals surface area contributed by atoms with E-state index in [9.17, 15) is 22.8 Å². The zero-order chi connectivity index (χ0) is 28.2. The number of unbranched alkanes of at least 4 members (excludes halogenated alkanes) is 1. The first-order valence-corrected chi connectivity index (χ1v) is 13.8. The Hall–Kier alpha value is -2.96. The molecule has 0 bridgehead atoms. The predicted octanol–water partition coefficient (Wildman–Crippen LogP) is 5.20. The highest BCUT2D eigenvalue weighted by molar-refractivity contribution is 7.11. The fourth-order valence-corrected chi connectivity index (χ4v) is 5.72. The number of amidine groups is 1. The molecular formula is C26H28ClF3N4O4S. The molecule has 2 N–H and O–H groups in total. The van der Waals surface area contributed by atoms with Gasteiger partial charge in [-0.25, -0.2) is 22.9 Å². The van der Waals surface area contributed by atoms with E-state index in [-0.39, 0.29) is 36.6 Å². The lowest BCUT2D eigenvalue weighted by atomic mass is 9.95. The lowest BCUT2D eigenvalue weighted by Crippen LogP contribution is -2.41. The summed E-state index contributed by atoms with van der Waals surface area (Å²) in [5.41, 5.74) is 0.754. The van der Waals surface area contributed by atoms with Crippen molar-refractivity contribution < 1.29 is 32.6 Å². The Morgan fingerprint density at radius 2 is 2.13 bits per heavy atom. The van der Waals surface area contributed by atoms with Gasteiger partial charge in [0.15, 0.2) is 10.8 Å². The molecular weight excluding hydrogens is 557 g/mol. The quantitative estimate of drug-likeness (QED) is 0.276. The third kappa shape index (κ3) is 7.17. The number of aliphatic imine (C=N–C) groups is 1. The molecule has 1 aromatic heterocycles. The van der Waals surface area contributed by atoms with Crippen LogP contribution in [0.1, 0.15) is 55.6 Å². The van der Waals surface area contributed by atoms with Crippen molar-refractivity contribution in [3.8, 4) is 0 Å². The molecule has 1 saturated heterocycles. The average molecular weight is 585 g/mol. The number of likely N-dealkylation sites (tertiary alicyclic amines) is 1. The second-order valence-corrected chi connectivity index (χ2v) is 10.7. The summed E-state index contributed by atoms with van der Waals surface area (Å²) in [7, 11) is 0. The molecule has 4 rings (SSSR count). The van der Waals surface area contributed by atoms with Gasteiger partial charge in [0.2, 0.25) is 0 Å². The average Bonchev–Trinajstić information content (AvgIpc) is 3.49. The lowest BCUT2D eigenvalue weighted by Gasteiger charge is -2.31. The number of aliphatic carboxylic acids is 1. The first-order chi connectivity index (χ1) is 18.6. The van der Waals surface area contributed by atoms with Gasteiger partial charge in [0.25, 0.3) is 5.92 Å². The van der Waals surface area contributed by atoms with Gasteiger partial charge in [0.1, 0.15) is 11.9 Å². The van der Waals surface area contributed by atoms with Crippen molar-refractivity contribution >= 4 is 40.7 Å². The first-order valence-electron chi connectivity index (χ1n) is 12.5. The molecule has 1 fully saturated rings. The van der Waals surface area contributed by atoms with Crippen LogP contribution in [0.2, 0.25) is 5.02 Å². The number of carboxylic acids is 1. The third-order valence-electron chi connectivity index (χ3n) is 6.54. The number of thiazole rings is 1. The van der Waals surface area contributed by atoms with Crippen molar-refractivity contribution in [2.24, 2.45) is 4.99 Å². The van der Waals surface area contributed by atoms with Gasteiger partial charge in [-0.05, 0) is 31.9 Å². The molecule has 0 amide bonds. The molecule has 0 saturated carbocycles. The number of nitrogens with zero attached hydrogens (tertiary/aromatic N) is 3. The minimum absolute atomic E-state index is 0.0312. The van der Waals surface area contributed by atoms with Crippen molar-refractivity contribution in [2.75, 3.05) is 19.7 Å². The first kappa shape index (κ1) is 29.0. The number of esters is 1. The monoisotopic (exact) mass is 584 g/mol. The van der Waals surface area contributed by atoms with Crippen LogP contribution in [0.3, 0.4) is 0 Å². The van der Waals surface area contributed by atoms with E-state index < -0.39 is 42.3 Å². The molecule has 210 valence electrons. The van der Waals surface area contributed by atoms with E-state index >= 15 is 0 Å². The van der Waals surface area contributed by atoms with Gasteiger partial charge >= 0.3 is 11.9 Å². The van der Waals surface area contributed by atoms with E-state index in [0.717, 1.165) is 6.07 Å². The summed E-state index contributed by atoms with van der Waals surface area (Å²) in [5, 5.41) is 14.3. The van der Waals surface area contributed by atoms with E-state index in [1.165, 1.54) is 23.5 Å². The van der Waals surface area contributed by atoms with E-state index in [1.807, 2.05) is 0 Å². The number of carbonyl (C=O) groups excluding carboxylic acids is 1. The molecule has 13 heteroatoms.